The highest BCUT2D eigenvalue weighted by atomic mass is 19.1. The Morgan fingerprint density at radius 1 is 1.17 bits per heavy atom. The van der Waals surface area contributed by atoms with E-state index in [-0.39, 0.29) is 11.3 Å². The van der Waals surface area contributed by atoms with E-state index in [9.17, 15) is 14.0 Å². The third-order valence-corrected chi connectivity index (χ3v) is 3.92. The maximum atomic E-state index is 13.6. The molecule has 0 saturated carbocycles. The summed E-state index contributed by atoms with van der Waals surface area (Å²) in [6.45, 7) is 3.11. The number of H-pyrrole nitrogens is 1. The van der Waals surface area contributed by atoms with Gasteiger partial charge in [0.25, 0.3) is 0 Å². The number of benzene rings is 2. The SMILES string of the molecule is Cc1ccc(C(=O)OC(C)C(=O)c2c[nH]c3ccccc23)cc1F. The minimum Gasteiger partial charge on any atom is -0.451 e. The summed E-state index contributed by atoms with van der Waals surface area (Å²) < 4.78 is 18.8. The van der Waals surface area contributed by atoms with Crippen LogP contribution in [0.1, 0.15) is 33.2 Å². The number of ether oxygens (including phenoxy) is 1. The van der Waals surface area contributed by atoms with Crippen LogP contribution in [0.15, 0.2) is 48.7 Å². The van der Waals surface area contributed by atoms with E-state index in [1.807, 2.05) is 24.3 Å². The van der Waals surface area contributed by atoms with Crippen LogP contribution in [0.3, 0.4) is 0 Å². The van der Waals surface area contributed by atoms with Gasteiger partial charge in [0, 0.05) is 22.7 Å². The molecule has 3 rings (SSSR count). The first-order valence-corrected chi connectivity index (χ1v) is 7.55. The quantitative estimate of drug-likeness (QED) is 0.582. The number of ketones is 1. The molecule has 0 aliphatic heterocycles. The van der Waals surface area contributed by atoms with Crippen LogP contribution in [0, 0.1) is 12.7 Å². The van der Waals surface area contributed by atoms with Crippen molar-refractivity contribution in [3.8, 4) is 0 Å². The molecule has 1 N–H and O–H groups in total. The Kier molecular flexibility index (Phi) is 4.16. The molecule has 0 bridgehead atoms. The van der Waals surface area contributed by atoms with Gasteiger partial charge in [-0.2, -0.15) is 0 Å². The van der Waals surface area contributed by atoms with Crippen molar-refractivity contribution in [3.63, 3.8) is 0 Å². The summed E-state index contributed by atoms with van der Waals surface area (Å²) in [4.78, 5) is 27.7. The minimum absolute atomic E-state index is 0.0803. The Balaban J connectivity index is 1.78. The lowest BCUT2D eigenvalue weighted by Gasteiger charge is -2.12. The van der Waals surface area contributed by atoms with Crippen molar-refractivity contribution in [2.45, 2.75) is 20.0 Å². The third-order valence-electron chi connectivity index (χ3n) is 3.92. The summed E-state index contributed by atoms with van der Waals surface area (Å²) >= 11 is 0. The molecule has 0 fully saturated rings. The largest absolute Gasteiger partial charge is 0.451 e. The van der Waals surface area contributed by atoms with E-state index >= 15 is 0 Å². The van der Waals surface area contributed by atoms with Gasteiger partial charge in [0.1, 0.15) is 5.82 Å². The molecule has 0 radical (unpaired) electrons. The number of Topliss-reactive ketones (excluding diaryl/α,β-unsaturated/α-hetero) is 1. The number of aryl methyl sites for hydroxylation is 1. The van der Waals surface area contributed by atoms with Crippen LogP contribution >= 0.6 is 0 Å². The normalized spacial score (nSPS) is 12.1. The van der Waals surface area contributed by atoms with Gasteiger partial charge in [0.15, 0.2) is 6.10 Å². The number of para-hydroxylation sites is 1. The van der Waals surface area contributed by atoms with Gasteiger partial charge in [-0.3, -0.25) is 4.79 Å². The molecule has 0 amide bonds. The number of hydrogen-bond donors (Lipinski definition) is 1. The van der Waals surface area contributed by atoms with Gasteiger partial charge in [-0.1, -0.05) is 24.3 Å². The van der Waals surface area contributed by atoms with Gasteiger partial charge >= 0.3 is 5.97 Å². The number of nitrogens with one attached hydrogen (secondary N) is 1. The second-order valence-corrected chi connectivity index (χ2v) is 5.62. The van der Waals surface area contributed by atoms with E-state index < -0.39 is 17.9 Å². The molecule has 0 spiro atoms. The smallest absolute Gasteiger partial charge is 0.338 e. The van der Waals surface area contributed by atoms with E-state index in [2.05, 4.69) is 4.98 Å². The Morgan fingerprint density at radius 3 is 2.67 bits per heavy atom. The van der Waals surface area contributed by atoms with Crippen molar-refractivity contribution in [1.29, 1.82) is 0 Å². The number of hydrogen-bond acceptors (Lipinski definition) is 3. The number of halogens is 1. The zero-order valence-corrected chi connectivity index (χ0v) is 13.3. The van der Waals surface area contributed by atoms with Gasteiger partial charge in [0.05, 0.1) is 5.56 Å². The molecule has 0 aliphatic rings. The molecule has 3 aromatic rings. The van der Waals surface area contributed by atoms with Crippen molar-refractivity contribution in [3.05, 3.63) is 71.2 Å². The molecule has 1 unspecified atom stereocenters. The van der Waals surface area contributed by atoms with Crippen molar-refractivity contribution in [2.75, 3.05) is 0 Å². The number of rotatable bonds is 4. The monoisotopic (exact) mass is 325 g/mol. The average molecular weight is 325 g/mol. The zero-order valence-electron chi connectivity index (χ0n) is 13.3. The Hall–Kier alpha value is -2.95. The minimum atomic E-state index is -0.971. The molecular weight excluding hydrogens is 309 g/mol. The lowest BCUT2D eigenvalue weighted by molar-refractivity contribution is 0.0319. The number of aromatic amines is 1. The molecule has 1 aromatic heterocycles. The second kappa shape index (κ2) is 6.28. The van der Waals surface area contributed by atoms with Crippen LogP contribution in [0.4, 0.5) is 4.39 Å². The fourth-order valence-corrected chi connectivity index (χ4v) is 2.50. The van der Waals surface area contributed by atoms with Crippen molar-refractivity contribution in [1.82, 2.24) is 4.98 Å². The van der Waals surface area contributed by atoms with Gasteiger partial charge in [-0.25, -0.2) is 9.18 Å². The average Bonchev–Trinajstić information content (AvgIpc) is 3.00. The molecule has 4 nitrogen and oxygen atoms in total. The first-order valence-electron chi connectivity index (χ1n) is 7.55. The van der Waals surface area contributed by atoms with E-state index in [1.54, 1.807) is 13.1 Å². The Morgan fingerprint density at radius 2 is 1.92 bits per heavy atom. The predicted octanol–water partition coefficient (Wildman–Crippen LogP) is 4.04. The van der Waals surface area contributed by atoms with Crippen molar-refractivity contribution < 1.29 is 18.7 Å². The number of aromatic nitrogens is 1. The van der Waals surface area contributed by atoms with E-state index in [1.165, 1.54) is 19.1 Å². The van der Waals surface area contributed by atoms with Gasteiger partial charge < -0.3 is 9.72 Å². The highest BCUT2D eigenvalue weighted by Gasteiger charge is 2.23. The first kappa shape index (κ1) is 15.9. The predicted molar refractivity (Wildman–Crippen MR) is 88.6 cm³/mol. The molecule has 0 aliphatic carbocycles. The van der Waals surface area contributed by atoms with Crippen molar-refractivity contribution in [2.24, 2.45) is 0 Å². The fourth-order valence-electron chi connectivity index (χ4n) is 2.50. The number of esters is 1. The van der Waals surface area contributed by atoms with Crippen LogP contribution in [0.5, 0.6) is 0 Å². The maximum absolute atomic E-state index is 13.6. The maximum Gasteiger partial charge on any atom is 0.338 e. The Bertz CT molecular complexity index is 929. The molecule has 1 heterocycles. The molecule has 5 heteroatoms. The summed E-state index contributed by atoms with van der Waals surface area (Å²) in [5, 5.41) is 0.770. The summed E-state index contributed by atoms with van der Waals surface area (Å²) in [7, 11) is 0. The molecule has 1 atom stereocenters. The number of carbonyl (C=O) groups is 2. The van der Waals surface area contributed by atoms with Crippen LogP contribution < -0.4 is 0 Å². The van der Waals surface area contributed by atoms with Crippen LogP contribution in [-0.4, -0.2) is 22.8 Å². The standard InChI is InChI=1S/C19H16FNO3/c1-11-7-8-13(9-16(11)20)19(23)24-12(2)18(22)15-10-21-17-6-4-3-5-14(15)17/h3-10,12,21H,1-2H3. The third kappa shape index (κ3) is 2.93. The van der Waals surface area contributed by atoms with Crippen LogP contribution in [0.2, 0.25) is 0 Å². The highest BCUT2D eigenvalue weighted by molar-refractivity contribution is 6.10. The van der Waals surface area contributed by atoms with E-state index in [4.69, 9.17) is 4.74 Å². The zero-order chi connectivity index (χ0) is 17.3. The van der Waals surface area contributed by atoms with Crippen LogP contribution in [-0.2, 0) is 4.74 Å². The van der Waals surface area contributed by atoms with E-state index in [0.29, 0.717) is 11.1 Å². The first-order chi connectivity index (χ1) is 11.5. The molecule has 2 aromatic carbocycles. The van der Waals surface area contributed by atoms with Gasteiger partial charge in [-0.15, -0.1) is 0 Å². The summed E-state index contributed by atoms with van der Waals surface area (Å²) in [6.07, 6.45) is 0.629. The van der Waals surface area contributed by atoms with Gasteiger partial charge in [0.2, 0.25) is 5.78 Å². The van der Waals surface area contributed by atoms with Crippen LogP contribution in [0.25, 0.3) is 10.9 Å². The lowest BCUT2D eigenvalue weighted by Crippen LogP contribution is -2.24. The summed E-state index contributed by atoms with van der Waals surface area (Å²) in [5.41, 5.74) is 1.81. The summed E-state index contributed by atoms with van der Waals surface area (Å²) in [5.74, 6) is -1.52. The van der Waals surface area contributed by atoms with Crippen molar-refractivity contribution >= 4 is 22.7 Å². The second-order valence-electron chi connectivity index (χ2n) is 5.62. The molecule has 0 saturated heterocycles. The molecule has 24 heavy (non-hydrogen) atoms. The van der Waals surface area contributed by atoms with Gasteiger partial charge in [-0.05, 0) is 37.6 Å². The number of fused-ring (bicyclic) bond motifs is 1. The Labute approximate surface area is 138 Å². The fraction of sp³-hybridized carbons (Fsp3) is 0.158. The number of carbonyl (C=O) groups excluding carboxylic acids is 2. The topological polar surface area (TPSA) is 59.2 Å². The molecule has 122 valence electrons. The summed E-state index contributed by atoms with van der Waals surface area (Å²) in [6, 6.07) is 11.5. The lowest BCUT2D eigenvalue weighted by atomic mass is 10.1. The highest BCUT2D eigenvalue weighted by Crippen LogP contribution is 2.20. The molecular formula is C19H16FNO3. The van der Waals surface area contributed by atoms with E-state index in [0.717, 1.165) is 17.0 Å².